The van der Waals surface area contributed by atoms with Crippen LogP contribution in [0, 0.1) is 5.21 Å². The minimum Gasteiger partial charge on any atom is -0.603 e. The lowest BCUT2D eigenvalue weighted by atomic mass is 10.0. The van der Waals surface area contributed by atoms with Gasteiger partial charge in [0.1, 0.15) is 11.4 Å². The number of hydrogen-bond acceptors (Lipinski definition) is 4. The molecule has 0 bridgehead atoms. The molecule has 21 heavy (non-hydrogen) atoms. The molecule has 0 saturated carbocycles. The molecule has 1 atom stereocenters. The van der Waals surface area contributed by atoms with Crippen LogP contribution in [0.25, 0.3) is 0 Å². The Morgan fingerprint density at radius 2 is 2.29 bits per heavy atom. The van der Waals surface area contributed by atoms with Gasteiger partial charge in [-0.1, -0.05) is 0 Å². The Balaban J connectivity index is 1.81. The van der Waals surface area contributed by atoms with Crippen LogP contribution < -0.4 is 20.7 Å². The highest BCUT2D eigenvalue weighted by Crippen LogP contribution is 2.32. The summed E-state index contributed by atoms with van der Waals surface area (Å²) in [6, 6.07) is 3.83. The summed E-state index contributed by atoms with van der Waals surface area (Å²) in [6.07, 6.45) is 2.00. The zero-order chi connectivity index (χ0) is 14.8. The molecule has 7 heteroatoms. The number of likely N-dealkylation sites (N-methyl/N-ethyl adjacent to an activating group) is 1. The lowest BCUT2D eigenvalue weighted by Crippen LogP contribution is -3.11. The molecule has 1 unspecified atom stereocenters. The van der Waals surface area contributed by atoms with Crippen molar-refractivity contribution in [2.24, 2.45) is 4.99 Å². The van der Waals surface area contributed by atoms with E-state index in [4.69, 9.17) is 4.74 Å². The zero-order valence-electron chi connectivity index (χ0n) is 12.4. The van der Waals surface area contributed by atoms with Crippen LogP contribution in [0.3, 0.4) is 0 Å². The normalized spacial score (nSPS) is 22.1. The molecule has 2 aliphatic rings. The summed E-state index contributed by atoms with van der Waals surface area (Å²) in [5.74, 6) is 1.34. The van der Waals surface area contributed by atoms with E-state index < -0.39 is 0 Å². The lowest BCUT2D eigenvalue weighted by Gasteiger charge is -2.32. The fraction of sp³-hybridized carbons (Fsp3) is 0.500. The van der Waals surface area contributed by atoms with E-state index >= 15 is 0 Å². The number of hydrogen-bond donors (Lipinski definition) is 3. The van der Waals surface area contributed by atoms with Gasteiger partial charge in [-0.15, -0.1) is 0 Å². The average molecular weight is 291 g/mol. The molecule has 0 amide bonds. The molecular formula is C14H21N5O2. The molecule has 0 spiro atoms. The monoisotopic (exact) mass is 291 g/mol. The van der Waals surface area contributed by atoms with Gasteiger partial charge in [0, 0.05) is 12.6 Å². The first kappa shape index (κ1) is 14.1. The number of nitrogens with zero attached hydrogens (tertiary/aromatic N) is 2. The Bertz CT molecular complexity index is 559. The van der Waals surface area contributed by atoms with Gasteiger partial charge < -0.3 is 20.2 Å². The summed E-state index contributed by atoms with van der Waals surface area (Å²) in [4.78, 5) is 6.44. The first-order chi connectivity index (χ1) is 10.1. The predicted octanol–water partition coefficient (Wildman–Crippen LogP) is -0.126. The lowest BCUT2D eigenvalue weighted by molar-refractivity contribution is -0.816. The third-order valence-electron chi connectivity index (χ3n) is 3.60. The van der Waals surface area contributed by atoms with E-state index in [0.717, 1.165) is 43.0 Å². The minimum absolute atomic E-state index is 0.135. The SMILES string of the molecule is CN(C)CCN=C1Nc2cc3c(cc2[NH+]([O-])N1)OCCC3. The van der Waals surface area contributed by atoms with Crippen molar-refractivity contribution in [1.82, 2.24) is 10.3 Å². The van der Waals surface area contributed by atoms with Gasteiger partial charge in [-0.25, -0.2) is 10.2 Å². The van der Waals surface area contributed by atoms with Gasteiger partial charge in [0.15, 0.2) is 5.69 Å². The Labute approximate surface area is 124 Å². The van der Waals surface area contributed by atoms with Gasteiger partial charge in [-0.05, 0) is 38.6 Å². The number of guanidine groups is 1. The highest BCUT2D eigenvalue weighted by molar-refractivity contribution is 5.97. The van der Waals surface area contributed by atoms with Crippen LogP contribution in [0.4, 0.5) is 11.4 Å². The summed E-state index contributed by atoms with van der Waals surface area (Å²) in [5, 5.41) is 15.2. The second kappa shape index (κ2) is 5.88. The van der Waals surface area contributed by atoms with Crippen LogP contribution in [0.15, 0.2) is 17.1 Å². The number of fused-ring (bicyclic) bond motifs is 2. The Morgan fingerprint density at radius 1 is 1.43 bits per heavy atom. The number of anilines is 1. The Hall–Kier alpha value is -1.83. The van der Waals surface area contributed by atoms with Gasteiger partial charge >= 0.3 is 0 Å². The van der Waals surface area contributed by atoms with E-state index in [2.05, 4.69) is 20.6 Å². The van der Waals surface area contributed by atoms with Crippen molar-refractivity contribution in [3.8, 4) is 5.75 Å². The second-order valence-corrected chi connectivity index (χ2v) is 5.57. The molecular weight excluding hydrogens is 270 g/mol. The highest BCUT2D eigenvalue weighted by Gasteiger charge is 2.24. The average Bonchev–Trinajstić information content (AvgIpc) is 2.45. The molecule has 3 rings (SSSR count). The van der Waals surface area contributed by atoms with Crippen molar-refractivity contribution in [2.75, 3.05) is 39.1 Å². The van der Waals surface area contributed by atoms with Crippen LogP contribution in [-0.2, 0) is 6.42 Å². The fourth-order valence-electron chi connectivity index (χ4n) is 2.46. The standard InChI is InChI=1S/C14H21N5O2/c1-18(2)6-5-15-14-16-11-8-10-4-3-7-21-13(10)9-12(11)19(20)17-14/h8-9,19H,3-7H2,1-2H3,(H2,15,16,17). The largest absolute Gasteiger partial charge is 0.603 e. The first-order valence-electron chi connectivity index (χ1n) is 7.21. The van der Waals surface area contributed by atoms with Crippen LogP contribution in [0.5, 0.6) is 5.75 Å². The maximum absolute atomic E-state index is 12.2. The number of rotatable bonds is 3. The van der Waals surface area contributed by atoms with Gasteiger partial charge in [-0.3, -0.25) is 0 Å². The van der Waals surface area contributed by atoms with Crippen molar-refractivity contribution in [1.29, 1.82) is 0 Å². The maximum Gasteiger partial charge on any atom is 0.243 e. The summed E-state index contributed by atoms with van der Waals surface area (Å²) < 4.78 is 5.61. The molecule has 2 heterocycles. The van der Waals surface area contributed by atoms with E-state index in [9.17, 15) is 5.21 Å². The number of ether oxygens (including phenoxy) is 1. The van der Waals surface area contributed by atoms with Crippen LogP contribution in [0.1, 0.15) is 12.0 Å². The molecule has 0 fully saturated rings. The quantitative estimate of drug-likeness (QED) is 0.677. The Kier molecular flexibility index (Phi) is 3.96. The van der Waals surface area contributed by atoms with Crippen molar-refractivity contribution in [2.45, 2.75) is 12.8 Å². The van der Waals surface area contributed by atoms with E-state index in [1.165, 1.54) is 0 Å². The van der Waals surface area contributed by atoms with Crippen molar-refractivity contribution in [3.05, 3.63) is 22.9 Å². The number of quaternary nitrogens is 1. The molecule has 0 radical (unpaired) electrons. The molecule has 7 nitrogen and oxygen atoms in total. The summed E-state index contributed by atoms with van der Waals surface area (Å²) in [7, 11) is 3.99. The molecule has 2 aliphatic heterocycles. The minimum atomic E-state index is -0.135. The molecule has 114 valence electrons. The third-order valence-corrected chi connectivity index (χ3v) is 3.60. The van der Waals surface area contributed by atoms with Crippen LogP contribution >= 0.6 is 0 Å². The van der Waals surface area contributed by atoms with E-state index in [0.29, 0.717) is 18.2 Å². The topological polar surface area (TPSA) is 76.4 Å². The zero-order valence-corrected chi connectivity index (χ0v) is 12.4. The number of nitrogens with one attached hydrogen (secondary N) is 3. The maximum atomic E-state index is 12.2. The first-order valence-corrected chi connectivity index (χ1v) is 7.21. The second-order valence-electron chi connectivity index (χ2n) is 5.57. The molecule has 0 saturated heterocycles. The van der Waals surface area contributed by atoms with E-state index in [1.54, 1.807) is 0 Å². The van der Waals surface area contributed by atoms with Crippen molar-refractivity contribution in [3.63, 3.8) is 0 Å². The molecule has 0 aromatic heterocycles. The number of benzene rings is 1. The highest BCUT2D eigenvalue weighted by atomic mass is 16.5. The summed E-state index contributed by atoms with van der Waals surface area (Å²) in [6.45, 7) is 2.20. The van der Waals surface area contributed by atoms with Crippen LogP contribution in [-0.4, -0.2) is 44.7 Å². The van der Waals surface area contributed by atoms with Gasteiger partial charge in [0.2, 0.25) is 5.96 Å². The fourth-order valence-corrected chi connectivity index (χ4v) is 2.46. The van der Waals surface area contributed by atoms with Gasteiger partial charge in [-0.2, -0.15) is 5.43 Å². The summed E-state index contributed by atoms with van der Waals surface area (Å²) >= 11 is 0. The number of aliphatic imine (C=N–C) groups is 1. The van der Waals surface area contributed by atoms with Crippen molar-refractivity contribution < 1.29 is 9.91 Å². The Morgan fingerprint density at radius 3 is 3.10 bits per heavy atom. The van der Waals surface area contributed by atoms with E-state index in [1.807, 2.05) is 26.2 Å². The predicted molar refractivity (Wildman–Crippen MR) is 81.9 cm³/mol. The van der Waals surface area contributed by atoms with Crippen LogP contribution in [0.2, 0.25) is 0 Å². The summed E-state index contributed by atoms with van der Waals surface area (Å²) in [5.41, 5.74) is 5.35. The smallest absolute Gasteiger partial charge is 0.243 e. The molecule has 3 N–H and O–H groups in total. The molecule has 1 aromatic rings. The molecule has 0 aliphatic carbocycles. The van der Waals surface area contributed by atoms with Gasteiger partial charge in [0.05, 0.1) is 13.2 Å². The van der Waals surface area contributed by atoms with E-state index in [-0.39, 0.29) is 5.17 Å². The van der Waals surface area contributed by atoms with Gasteiger partial charge in [0.25, 0.3) is 0 Å². The third kappa shape index (κ3) is 3.10. The van der Waals surface area contributed by atoms with Crippen molar-refractivity contribution >= 4 is 17.3 Å². The molecule has 1 aromatic carbocycles. The number of aryl methyl sites for hydroxylation is 1.